The Morgan fingerprint density at radius 2 is 2.05 bits per heavy atom. The third-order valence-electron chi connectivity index (χ3n) is 3.12. The molecule has 2 amide bonds. The third-order valence-corrected chi connectivity index (χ3v) is 3.12. The van der Waals surface area contributed by atoms with Crippen LogP contribution >= 0.6 is 0 Å². The van der Waals surface area contributed by atoms with Crippen LogP contribution in [0.3, 0.4) is 0 Å². The number of carbonyl (C=O) groups is 2. The summed E-state index contributed by atoms with van der Waals surface area (Å²) < 4.78 is 4.81. The fourth-order valence-corrected chi connectivity index (χ4v) is 1.81. The molecular weight excluding hydrogens is 248 g/mol. The topological polar surface area (TPSA) is 78.9 Å². The van der Waals surface area contributed by atoms with Crippen LogP contribution in [0.5, 0.6) is 0 Å². The Morgan fingerprint density at radius 1 is 1.42 bits per heavy atom. The average molecular weight is 272 g/mol. The van der Waals surface area contributed by atoms with Gasteiger partial charge in [-0.25, -0.2) is 9.59 Å². The maximum atomic E-state index is 12.1. The van der Waals surface area contributed by atoms with E-state index in [-0.39, 0.29) is 18.7 Å². The predicted octanol–water partition coefficient (Wildman–Crippen LogP) is 1.31. The van der Waals surface area contributed by atoms with Gasteiger partial charge in [0.15, 0.2) is 6.04 Å². The van der Waals surface area contributed by atoms with Crippen molar-refractivity contribution in [3.8, 4) is 0 Å². The summed E-state index contributed by atoms with van der Waals surface area (Å²) >= 11 is 0. The van der Waals surface area contributed by atoms with Crippen LogP contribution in [-0.2, 0) is 9.53 Å². The van der Waals surface area contributed by atoms with Gasteiger partial charge < -0.3 is 20.1 Å². The zero-order valence-electron chi connectivity index (χ0n) is 11.9. The smallest absolute Gasteiger partial charge is 0.328 e. The highest BCUT2D eigenvalue weighted by Crippen LogP contribution is 2.27. The second-order valence-corrected chi connectivity index (χ2v) is 5.40. The number of ether oxygens (including phenoxy) is 1. The number of urea groups is 1. The quantitative estimate of drug-likeness (QED) is 0.698. The Kier molecular flexibility index (Phi) is 6.08. The molecule has 0 aromatic rings. The van der Waals surface area contributed by atoms with Crippen LogP contribution in [0, 0.1) is 5.92 Å². The van der Waals surface area contributed by atoms with Crippen LogP contribution < -0.4 is 5.32 Å². The molecule has 0 saturated heterocycles. The number of aliphatic carboxylic acids is 1. The standard InChI is InChI=1S/C13H24N2O4/c1-9(2)6-7-15(10-4-5-10)13(18)14-11(8-19-3)12(16)17/h9-11H,4-8H2,1-3H3,(H,14,18)(H,16,17). The number of carbonyl (C=O) groups excluding carboxylic acids is 1. The number of hydrogen-bond acceptors (Lipinski definition) is 3. The highest BCUT2D eigenvalue weighted by Gasteiger charge is 2.34. The van der Waals surface area contributed by atoms with E-state index in [1.54, 1.807) is 4.90 Å². The molecule has 0 aromatic heterocycles. The summed E-state index contributed by atoms with van der Waals surface area (Å²) in [5.41, 5.74) is 0. The van der Waals surface area contributed by atoms with E-state index in [1.165, 1.54) is 7.11 Å². The summed E-state index contributed by atoms with van der Waals surface area (Å²) in [5.74, 6) is -0.557. The average Bonchev–Trinajstić information content (AvgIpc) is 3.12. The zero-order chi connectivity index (χ0) is 14.4. The highest BCUT2D eigenvalue weighted by atomic mass is 16.5. The lowest BCUT2D eigenvalue weighted by molar-refractivity contribution is -0.140. The molecule has 1 unspecified atom stereocenters. The minimum Gasteiger partial charge on any atom is -0.480 e. The first-order valence-corrected chi connectivity index (χ1v) is 6.74. The number of hydrogen-bond donors (Lipinski definition) is 2. The SMILES string of the molecule is COCC(NC(=O)N(CCC(C)C)C1CC1)C(=O)O. The van der Waals surface area contributed by atoms with Crippen LogP contribution in [0.1, 0.15) is 33.1 Å². The van der Waals surface area contributed by atoms with Crippen molar-refractivity contribution >= 4 is 12.0 Å². The molecule has 1 aliphatic rings. The Hall–Kier alpha value is -1.30. The Bertz CT molecular complexity index is 316. The molecule has 0 heterocycles. The van der Waals surface area contributed by atoms with Gasteiger partial charge in [0.05, 0.1) is 6.61 Å². The van der Waals surface area contributed by atoms with Gasteiger partial charge in [-0.05, 0) is 25.2 Å². The highest BCUT2D eigenvalue weighted by molar-refractivity contribution is 5.83. The van der Waals surface area contributed by atoms with Crippen LogP contribution in [0.25, 0.3) is 0 Å². The van der Waals surface area contributed by atoms with Gasteiger partial charge in [0.1, 0.15) is 0 Å². The molecule has 0 bridgehead atoms. The number of rotatable bonds is 8. The van der Waals surface area contributed by atoms with Crippen LogP contribution in [0.15, 0.2) is 0 Å². The Labute approximate surface area is 114 Å². The molecule has 2 N–H and O–H groups in total. The second kappa shape index (κ2) is 7.33. The zero-order valence-corrected chi connectivity index (χ0v) is 11.9. The Balaban J connectivity index is 2.53. The van der Waals surface area contributed by atoms with Gasteiger partial charge in [-0.1, -0.05) is 13.8 Å². The normalized spacial score (nSPS) is 16.2. The number of carboxylic acid groups (broad SMARTS) is 1. The van der Waals surface area contributed by atoms with E-state index in [1.807, 2.05) is 0 Å². The minimum atomic E-state index is -1.07. The molecule has 110 valence electrons. The van der Waals surface area contributed by atoms with Crippen LogP contribution in [0.2, 0.25) is 0 Å². The molecular formula is C13H24N2O4. The van der Waals surface area contributed by atoms with E-state index in [0.717, 1.165) is 19.3 Å². The van der Waals surface area contributed by atoms with E-state index in [0.29, 0.717) is 12.5 Å². The largest absolute Gasteiger partial charge is 0.480 e. The summed E-state index contributed by atoms with van der Waals surface area (Å²) in [6.45, 7) is 4.86. The lowest BCUT2D eigenvalue weighted by atomic mass is 10.1. The van der Waals surface area contributed by atoms with Crippen LogP contribution in [-0.4, -0.2) is 54.4 Å². The molecule has 0 aromatic carbocycles. The van der Waals surface area contributed by atoms with Crippen molar-refractivity contribution in [3.05, 3.63) is 0 Å². The fraction of sp³-hybridized carbons (Fsp3) is 0.846. The number of nitrogens with one attached hydrogen (secondary N) is 1. The molecule has 19 heavy (non-hydrogen) atoms. The van der Waals surface area contributed by atoms with Crippen molar-refractivity contribution in [1.29, 1.82) is 0 Å². The predicted molar refractivity (Wildman–Crippen MR) is 71.0 cm³/mol. The van der Waals surface area contributed by atoms with E-state index >= 15 is 0 Å². The summed E-state index contributed by atoms with van der Waals surface area (Å²) in [4.78, 5) is 24.9. The molecule has 1 fully saturated rings. The van der Waals surface area contributed by atoms with Gasteiger partial charge in [0.25, 0.3) is 0 Å². The molecule has 1 aliphatic carbocycles. The summed E-state index contributed by atoms with van der Waals surface area (Å²) in [6.07, 6.45) is 2.94. The van der Waals surface area contributed by atoms with Crippen LogP contribution in [0.4, 0.5) is 4.79 Å². The first-order valence-electron chi connectivity index (χ1n) is 6.74. The molecule has 1 rings (SSSR count). The van der Waals surface area contributed by atoms with Crippen molar-refractivity contribution < 1.29 is 19.4 Å². The van der Waals surface area contributed by atoms with Crippen molar-refractivity contribution in [2.75, 3.05) is 20.3 Å². The molecule has 0 spiro atoms. The van der Waals surface area contributed by atoms with Gasteiger partial charge in [-0.2, -0.15) is 0 Å². The molecule has 6 nitrogen and oxygen atoms in total. The monoisotopic (exact) mass is 272 g/mol. The third kappa shape index (κ3) is 5.46. The van der Waals surface area contributed by atoms with Crippen molar-refractivity contribution in [2.24, 2.45) is 5.92 Å². The number of methoxy groups -OCH3 is 1. The molecule has 0 aliphatic heterocycles. The van der Waals surface area contributed by atoms with E-state index in [2.05, 4.69) is 19.2 Å². The van der Waals surface area contributed by atoms with Crippen molar-refractivity contribution in [2.45, 2.75) is 45.2 Å². The Morgan fingerprint density at radius 3 is 2.47 bits per heavy atom. The minimum absolute atomic E-state index is 0.0240. The number of carboxylic acids is 1. The first-order chi connectivity index (χ1) is 8.95. The molecule has 1 saturated carbocycles. The van der Waals surface area contributed by atoms with Crippen molar-refractivity contribution in [3.63, 3.8) is 0 Å². The van der Waals surface area contributed by atoms with Gasteiger partial charge in [-0.3, -0.25) is 0 Å². The van der Waals surface area contributed by atoms with Gasteiger partial charge in [-0.15, -0.1) is 0 Å². The summed E-state index contributed by atoms with van der Waals surface area (Å²) in [7, 11) is 1.42. The van der Waals surface area contributed by atoms with E-state index in [4.69, 9.17) is 9.84 Å². The number of amides is 2. The molecule has 6 heteroatoms. The first kappa shape index (κ1) is 15.8. The van der Waals surface area contributed by atoms with Crippen molar-refractivity contribution in [1.82, 2.24) is 10.2 Å². The van der Waals surface area contributed by atoms with E-state index < -0.39 is 12.0 Å². The van der Waals surface area contributed by atoms with E-state index in [9.17, 15) is 9.59 Å². The van der Waals surface area contributed by atoms with Gasteiger partial charge in [0.2, 0.25) is 0 Å². The lowest BCUT2D eigenvalue weighted by Crippen LogP contribution is -2.50. The summed E-state index contributed by atoms with van der Waals surface area (Å²) in [6, 6.07) is -1.01. The molecule has 1 atom stereocenters. The van der Waals surface area contributed by atoms with Gasteiger partial charge >= 0.3 is 12.0 Å². The fourth-order valence-electron chi connectivity index (χ4n) is 1.81. The second-order valence-electron chi connectivity index (χ2n) is 5.40. The summed E-state index contributed by atoms with van der Waals surface area (Å²) in [5, 5.41) is 11.5. The maximum absolute atomic E-state index is 12.1. The number of nitrogens with zero attached hydrogens (tertiary/aromatic N) is 1. The molecule has 0 radical (unpaired) electrons. The maximum Gasteiger partial charge on any atom is 0.328 e. The lowest BCUT2D eigenvalue weighted by Gasteiger charge is -2.25. The van der Waals surface area contributed by atoms with Gasteiger partial charge in [0, 0.05) is 19.7 Å².